The number of hydrogen-bond donors (Lipinski definition) is 2. The summed E-state index contributed by atoms with van der Waals surface area (Å²) in [5.74, 6) is 1.43. The minimum atomic E-state index is 0.166. The largest absolute Gasteiger partial charge is 0.493 e. The van der Waals surface area contributed by atoms with Crippen molar-refractivity contribution in [3.05, 3.63) is 59.7 Å². The summed E-state index contributed by atoms with van der Waals surface area (Å²) in [5, 5.41) is 3.32. The topological polar surface area (TPSA) is 59.6 Å². The zero-order valence-electron chi connectivity index (χ0n) is 13.9. The third-order valence-electron chi connectivity index (χ3n) is 4.12. The molecule has 0 radical (unpaired) electrons. The van der Waals surface area contributed by atoms with Gasteiger partial charge in [0.2, 0.25) is 0 Å². The lowest BCUT2D eigenvalue weighted by atomic mass is 10.0. The predicted octanol–water partition coefficient (Wildman–Crippen LogP) is 3.38. The molecule has 0 saturated heterocycles. The average Bonchev–Trinajstić information content (AvgIpc) is 2.63. The summed E-state index contributed by atoms with van der Waals surface area (Å²) in [4.78, 5) is 5.75. The molecule has 1 atom stereocenters. The van der Waals surface area contributed by atoms with Crippen LogP contribution < -0.4 is 15.8 Å². The summed E-state index contributed by atoms with van der Waals surface area (Å²) in [6.07, 6.45) is 3.87. The Morgan fingerprint density at radius 3 is 2.83 bits per heavy atom. The van der Waals surface area contributed by atoms with E-state index in [1.165, 1.54) is 10.5 Å². The van der Waals surface area contributed by atoms with E-state index in [2.05, 4.69) is 46.9 Å². The van der Waals surface area contributed by atoms with Crippen molar-refractivity contribution in [3.63, 3.8) is 0 Å². The Morgan fingerprint density at radius 1 is 1.25 bits per heavy atom. The summed E-state index contributed by atoms with van der Waals surface area (Å²) in [7, 11) is 0. The number of aliphatic imine (C=N–C) groups is 1. The van der Waals surface area contributed by atoms with Crippen molar-refractivity contribution in [2.75, 3.05) is 19.4 Å². The molecule has 1 heterocycles. The lowest BCUT2D eigenvalue weighted by Gasteiger charge is -2.26. The lowest BCUT2D eigenvalue weighted by molar-refractivity contribution is 0.262. The number of para-hydroxylation sites is 1. The van der Waals surface area contributed by atoms with Crippen LogP contribution in [0.15, 0.2) is 58.4 Å². The van der Waals surface area contributed by atoms with Gasteiger partial charge in [0.15, 0.2) is 5.96 Å². The Balaban J connectivity index is 1.55. The number of rotatable bonds is 5. The van der Waals surface area contributed by atoms with Crippen molar-refractivity contribution >= 4 is 17.7 Å². The Bertz CT molecular complexity index is 700. The number of guanidine groups is 1. The zero-order chi connectivity index (χ0) is 16.8. The molecule has 2 aromatic carbocycles. The third-order valence-corrected chi connectivity index (χ3v) is 4.87. The maximum atomic E-state index is 6.07. The lowest BCUT2D eigenvalue weighted by Crippen LogP contribution is -2.37. The number of nitrogens with two attached hydrogens (primary N) is 1. The van der Waals surface area contributed by atoms with E-state index >= 15 is 0 Å². The minimum absolute atomic E-state index is 0.166. The molecule has 0 aliphatic carbocycles. The molecule has 1 aliphatic rings. The van der Waals surface area contributed by atoms with Gasteiger partial charge in [-0.15, -0.1) is 11.8 Å². The van der Waals surface area contributed by atoms with E-state index in [9.17, 15) is 0 Å². The molecule has 0 amide bonds. The molecule has 3 N–H and O–H groups in total. The molecule has 0 aromatic heterocycles. The van der Waals surface area contributed by atoms with Crippen molar-refractivity contribution in [2.24, 2.45) is 10.7 Å². The van der Waals surface area contributed by atoms with Gasteiger partial charge in [0.1, 0.15) is 5.75 Å². The van der Waals surface area contributed by atoms with Gasteiger partial charge in [0, 0.05) is 23.4 Å². The molecule has 5 heteroatoms. The van der Waals surface area contributed by atoms with Gasteiger partial charge in [-0.2, -0.15) is 0 Å². The molecular formula is C19H23N3OS. The Kier molecular flexibility index (Phi) is 5.64. The Labute approximate surface area is 147 Å². The molecular weight excluding hydrogens is 318 g/mol. The van der Waals surface area contributed by atoms with Gasteiger partial charge >= 0.3 is 0 Å². The summed E-state index contributed by atoms with van der Waals surface area (Å²) in [6.45, 7) is 1.38. The predicted molar refractivity (Wildman–Crippen MR) is 101 cm³/mol. The van der Waals surface area contributed by atoms with Gasteiger partial charge in [0.25, 0.3) is 0 Å². The molecule has 4 nitrogen and oxygen atoms in total. The smallest absolute Gasteiger partial charge is 0.189 e. The van der Waals surface area contributed by atoms with Crippen LogP contribution in [0.4, 0.5) is 0 Å². The fraction of sp³-hybridized carbons (Fsp3) is 0.316. The summed E-state index contributed by atoms with van der Waals surface area (Å²) >= 11 is 1.75. The normalized spacial score (nSPS) is 17.0. The molecule has 0 bridgehead atoms. The van der Waals surface area contributed by atoms with E-state index in [1.807, 2.05) is 18.2 Å². The maximum absolute atomic E-state index is 6.07. The standard InChI is InChI=1S/C19H23N3OS/c1-24-15-8-6-14(7-9-15)10-12-21-19(20)22-17-11-13-23-18-5-3-2-4-16(17)18/h2-9,17H,10-13H2,1H3,(H3,20,21,22). The van der Waals surface area contributed by atoms with E-state index in [0.29, 0.717) is 19.1 Å². The van der Waals surface area contributed by atoms with Crippen LogP contribution in [-0.2, 0) is 6.42 Å². The SMILES string of the molecule is CSc1ccc(CCN=C(N)NC2CCOc3ccccc32)cc1. The fourth-order valence-electron chi connectivity index (χ4n) is 2.81. The Hall–Kier alpha value is -2.14. The van der Waals surface area contributed by atoms with Crippen molar-refractivity contribution < 1.29 is 4.74 Å². The van der Waals surface area contributed by atoms with E-state index in [4.69, 9.17) is 10.5 Å². The van der Waals surface area contributed by atoms with Gasteiger partial charge < -0.3 is 15.8 Å². The molecule has 24 heavy (non-hydrogen) atoms. The molecule has 3 rings (SSSR count). The highest BCUT2D eigenvalue weighted by Crippen LogP contribution is 2.31. The first-order chi connectivity index (χ1) is 11.8. The van der Waals surface area contributed by atoms with Crippen molar-refractivity contribution in [1.29, 1.82) is 0 Å². The van der Waals surface area contributed by atoms with Crippen molar-refractivity contribution in [1.82, 2.24) is 5.32 Å². The molecule has 0 saturated carbocycles. The van der Waals surface area contributed by atoms with Gasteiger partial charge in [-0.05, 0) is 36.4 Å². The second kappa shape index (κ2) is 8.11. The molecule has 1 aliphatic heterocycles. The number of ether oxygens (including phenoxy) is 1. The number of benzene rings is 2. The first-order valence-corrected chi connectivity index (χ1v) is 9.40. The van der Waals surface area contributed by atoms with E-state index in [-0.39, 0.29) is 6.04 Å². The van der Waals surface area contributed by atoms with Crippen LogP contribution in [0.5, 0.6) is 5.75 Å². The first kappa shape index (κ1) is 16.7. The summed E-state index contributed by atoms with van der Waals surface area (Å²) in [6, 6.07) is 16.8. The van der Waals surface area contributed by atoms with E-state index < -0.39 is 0 Å². The number of fused-ring (bicyclic) bond motifs is 1. The van der Waals surface area contributed by atoms with Crippen LogP contribution in [0.25, 0.3) is 0 Å². The first-order valence-electron chi connectivity index (χ1n) is 8.17. The maximum Gasteiger partial charge on any atom is 0.189 e. The highest BCUT2D eigenvalue weighted by Gasteiger charge is 2.21. The summed E-state index contributed by atoms with van der Waals surface area (Å²) < 4.78 is 5.67. The van der Waals surface area contributed by atoms with E-state index in [0.717, 1.165) is 24.2 Å². The van der Waals surface area contributed by atoms with Crippen molar-refractivity contribution in [3.8, 4) is 5.75 Å². The van der Waals surface area contributed by atoms with Gasteiger partial charge in [0.05, 0.1) is 12.6 Å². The second-order valence-corrected chi connectivity index (χ2v) is 6.62. The van der Waals surface area contributed by atoms with E-state index in [1.54, 1.807) is 11.8 Å². The molecule has 1 unspecified atom stereocenters. The average molecular weight is 341 g/mol. The minimum Gasteiger partial charge on any atom is -0.493 e. The number of nitrogens with zero attached hydrogens (tertiary/aromatic N) is 1. The molecule has 0 spiro atoms. The van der Waals surface area contributed by atoms with Crippen LogP contribution in [0.2, 0.25) is 0 Å². The monoisotopic (exact) mass is 341 g/mol. The number of hydrogen-bond acceptors (Lipinski definition) is 3. The molecule has 2 aromatic rings. The van der Waals surface area contributed by atoms with Crippen molar-refractivity contribution in [2.45, 2.75) is 23.8 Å². The van der Waals surface area contributed by atoms with Crippen LogP contribution in [0, 0.1) is 0 Å². The number of thioether (sulfide) groups is 1. The quantitative estimate of drug-likeness (QED) is 0.497. The van der Waals surface area contributed by atoms with Gasteiger partial charge in [-0.25, -0.2) is 0 Å². The van der Waals surface area contributed by atoms with Crippen LogP contribution in [0.1, 0.15) is 23.6 Å². The van der Waals surface area contributed by atoms with Crippen LogP contribution >= 0.6 is 11.8 Å². The highest BCUT2D eigenvalue weighted by atomic mass is 32.2. The van der Waals surface area contributed by atoms with Gasteiger partial charge in [-0.1, -0.05) is 30.3 Å². The van der Waals surface area contributed by atoms with Crippen LogP contribution in [-0.4, -0.2) is 25.4 Å². The summed E-state index contributed by atoms with van der Waals surface area (Å²) in [5.41, 5.74) is 8.49. The second-order valence-electron chi connectivity index (χ2n) is 5.74. The van der Waals surface area contributed by atoms with Gasteiger partial charge in [-0.3, -0.25) is 4.99 Å². The third kappa shape index (κ3) is 4.23. The number of nitrogens with one attached hydrogen (secondary N) is 1. The zero-order valence-corrected chi connectivity index (χ0v) is 14.7. The van der Waals surface area contributed by atoms with Crippen LogP contribution in [0.3, 0.4) is 0 Å². The Morgan fingerprint density at radius 2 is 2.04 bits per heavy atom. The fourth-order valence-corrected chi connectivity index (χ4v) is 3.22. The molecule has 126 valence electrons. The molecule has 0 fully saturated rings. The highest BCUT2D eigenvalue weighted by molar-refractivity contribution is 7.98.